The van der Waals surface area contributed by atoms with Crippen LogP contribution >= 0.6 is 7.82 Å². The van der Waals surface area contributed by atoms with Crippen molar-refractivity contribution in [3.8, 4) is 0 Å². The number of aliphatic hydroxyl groups excluding tert-OH is 1. The van der Waals surface area contributed by atoms with Gasteiger partial charge in [-0.2, -0.15) is 0 Å². The van der Waals surface area contributed by atoms with E-state index in [1.54, 1.807) is 0 Å². The van der Waals surface area contributed by atoms with Gasteiger partial charge in [-0.15, -0.1) is 0 Å². The number of nitrogens with zero attached hydrogens (tertiary/aromatic N) is 4. The summed E-state index contributed by atoms with van der Waals surface area (Å²) < 4.78 is 27.8. The van der Waals surface area contributed by atoms with Crippen LogP contribution < -0.4 is 40.2 Å². The number of ether oxygens (including phenoxy) is 1. The average molecular weight is 351 g/mol. The van der Waals surface area contributed by atoms with E-state index in [1.165, 1.54) is 17.2 Å². The number of rotatable bonds is 1. The molecule has 1 unspecified atom stereocenters. The van der Waals surface area contributed by atoms with Crippen LogP contribution in [0.1, 0.15) is 6.23 Å². The van der Waals surface area contributed by atoms with E-state index in [1.807, 2.05) is 0 Å². The van der Waals surface area contributed by atoms with E-state index >= 15 is 0 Å². The number of anilines is 1. The Kier molecular flexibility index (Phi) is 4.51. The fraction of sp³-hybridized carbons (Fsp3) is 0.500. The zero-order valence-electron chi connectivity index (χ0n) is 12.0. The third-order valence-corrected chi connectivity index (χ3v) is 4.59. The van der Waals surface area contributed by atoms with Crippen molar-refractivity contribution in [2.75, 3.05) is 12.3 Å². The minimum absolute atomic E-state index is 0. The molecule has 11 nitrogen and oxygen atoms in total. The molecule has 0 amide bonds. The first kappa shape index (κ1) is 17.2. The van der Waals surface area contributed by atoms with Gasteiger partial charge in [0.25, 0.3) is 7.82 Å². The number of hydrogen-bond donors (Lipinski definition) is 2. The molecule has 0 spiro atoms. The number of phosphoric acid groups is 1. The molecule has 2 saturated heterocycles. The number of fused-ring (bicyclic) bond motifs is 2. The van der Waals surface area contributed by atoms with Gasteiger partial charge in [0, 0.05) is 0 Å². The van der Waals surface area contributed by atoms with Gasteiger partial charge in [-0.3, -0.25) is 9.13 Å². The fourth-order valence-electron chi connectivity index (χ4n) is 2.61. The Balaban J connectivity index is 0.00000156. The number of aliphatic hydroxyl groups is 1. The number of nitrogens with two attached hydrogens (primary N) is 1. The van der Waals surface area contributed by atoms with Crippen molar-refractivity contribution in [3.05, 3.63) is 12.7 Å². The number of aromatic nitrogens is 4. The molecule has 0 saturated carbocycles. The van der Waals surface area contributed by atoms with Crippen molar-refractivity contribution in [1.29, 1.82) is 0 Å². The maximum atomic E-state index is 11.3. The Hall–Kier alpha value is -0.620. The topological polar surface area (TPSA) is 158 Å². The van der Waals surface area contributed by atoms with E-state index in [4.69, 9.17) is 15.0 Å². The van der Waals surface area contributed by atoms with Gasteiger partial charge in [-0.1, -0.05) is 0 Å². The van der Waals surface area contributed by atoms with Crippen LogP contribution in [0, 0.1) is 0 Å². The fourth-order valence-corrected chi connectivity index (χ4v) is 3.56. The molecular weight excluding hydrogens is 340 g/mol. The van der Waals surface area contributed by atoms with Crippen molar-refractivity contribution in [2.45, 2.75) is 24.5 Å². The van der Waals surface area contributed by atoms with Gasteiger partial charge in [0.1, 0.15) is 30.2 Å². The summed E-state index contributed by atoms with van der Waals surface area (Å²) in [6.45, 7) is -0.219. The van der Waals surface area contributed by atoms with Gasteiger partial charge in [0.15, 0.2) is 17.7 Å². The average Bonchev–Trinajstić information content (AvgIpc) is 3.01. The summed E-state index contributed by atoms with van der Waals surface area (Å²) >= 11 is 0. The summed E-state index contributed by atoms with van der Waals surface area (Å²) in [6, 6.07) is 0. The van der Waals surface area contributed by atoms with E-state index in [-0.39, 0.29) is 42.0 Å². The van der Waals surface area contributed by atoms with Crippen molar-refractivity contribution in [3.63, 3.8) is 0 Å². The van der Waals surface area contributed by atoms with Crippen LogP contribution in [0.2, 0.25) is 0 Å². The molecule has 3 N–H and O–H groups in total. The van der Waals surface area contributed by atoms with Crippen LogP contribution in [0.15, 0.2) is 12.7 Å². The SMILES string of the molecule is Nc1ncnc2c1ncn2[C@@H]1O[C@@H]2COP(=O)([O-])O[C@H]2[C@H]1O.[Na+]. The summed E-state index contributed by atoms with van der Waals surface area (Å²) in [5, 5.41) is 10.3. The molecule has 2 aromatic heterocycles. The van der Waals surface area contributed by atoms with Gasteiger partial charge >= 0.3 is 29.6 Å². The molecule has 0 bridgehead atoms. The van der Waals surface area contributed by atoms with E-state index in [0.29, 0.717) is 11.2 Å². The predicted molar refractivity (Wildman–Crippen MR) is 68.1 cm³/mol. The van der Waals surface area contributed by atoms with Crippen LogP contribution in [-0.4, -0.2) is 49.5 Å². The summed E-state index contributed by atoms with van der Waals surface area (Å²) in [5.41, 5.74) is 6.43. The van der Waals surface area contributed by atoms with Gasteiger partial charge in [-0.25, -0.2) is 15.0 Å². The molecular formula is C10H11N5NaO6P. The maximum absolute atomic E-state index is 11.3. The Morgan fingerprint density at radius 1 is 1.43 bits per heavy atom. The second kappa shape index (κ2) is 6.03. The van der Waals surface area contributed by atoms with Crippen molar-refractivity contribution >= 4 is 24.8 Å². The largest absolute Gasteiger partial charge is 1.00 e. The smallest absolute Gasteiger partial charge is 0.756 e. The number of imidazole rings is 1. The van der Waals surface area contributed by atoms with Gasteiger partial charge < -0.3 is 29.5 Å². The normalized spacial score (nSPS) is 36.6. The first-order chi connectivity index (χ1) is 10.5. The summed E-state index contributed by atoms with van der Waals surface area (Å²) in [5.74, 6) is 0.192. The minimum Gasteiger partial charge on any atom is -0.756 e. The molecule has 0 aromatic carbocycles. The number of hydrogen-bond acceptors (Lipinski definition) is 10. The molecule has 2 aliphatic heterocycles. The molecule has 5 atom stereocenters. The third kappa shape index (κ3) is 2.82. The predicted octanol–water partition coefficient (Wildman–Crippen LogP) is -4.45. The standard InChI is InChI=1S/C10H12N5O6P.Na/c11-8-5-9(13-2-12-8)15(3-14-5)10-6(16)7-4(20-10)1-19-22(17,18)21-7;/h2-4,6-7,10,16H,1H2,(H,17,18)(H2,11,12,13);/q;+1/p-1/t4-,6-,7-,10-;/m1./s1. The minimum atomic E-state index is -4.41. The Morgan fingerprint density at radius 3 is 3.00 bits per heavy atom. The molecule has 2 aromatic rings. The Labute approximate surface area is 151 Å². The van der Waals surface area contributed by atoms with Crippen molar-refractivity contribution < 1.29 is 57.9 Å². The monoisotopic (exact) mass is 351 g/mol. The molecule has 2 aliphatic rings. The molecule has 0 aliphatic carbocycles. The van der Waals surface area contributed by atoms with E-state index < -0.39 is 32.4 Å². The van der Waals surface area contributed by atoms with Crippen LogP contribution in [0.3, 0.4) is 0 Å². The van der Waals surface area contributed by atoms with Crippen molar-refractivity contribution in [1.82, 2.24) is 19.5 Å². The van der Waals surface area contributed by atoms with E-state index in [2.05, 4.69) is 19.5 Å². The van der Waals surface area contributed by atoms with Gasteiger partial charge in [0.2, 0.25) is 0 Å². The second-order valence-corrected chi connectivity index (χ2v) is 6.32. The molecule has 23 heavy (non-hydrogen) atoms. The summed E-state index contributed by atoms with van der Waals surface area (Å²) in [6.07, 6.45) is -1.26. The zero-order chi connectivity index (χ0) is 15.5. The van der Waals surface area contributed by atoms with Crippen LogP contribution in [0.5, 0.6) is 0 Å². The molecule has 0 radical (unpaired) electrons. The number of nitrogen functional groups attached to an aromatic ring is 1. The number of phosphoric ester groups is 1. The van der Waals surface area contributed by atoms with Crippen LogP contribution in [-0.2, 0) is 18.3 Å². The molecule has 4 rings (SSSR count). The third-order valence-electron chi connectivity index (χ3n) is 3.62. The first-order valence-corrected chi connectivity index (χ1v) is 7.83. The van der Waals surface area contributed by atoms with E-state index in [9.17, 15) is 14.6 Å². The molecule has 4 heterocycles. The van der Waals surface area contributed by atoms with Gasteiger partial charge in [-0.05, 0) is 0 Å². The Bertz CT molecular complexity index is 788. The maximum Gasteiger partial charge on any atom is 1.00 e. The molecule has 13 heteroatoms. The zero-order valence-corrected chi connectivity index (χ0v) is 14.9. The van der Waals surface area contributed by atoms with Crippen LogP contribution in [0.25, 0.3) is 11.2 Å². The molecule has 118 valence electrons. The van der Waals surface area contributed by atoms with Crippen molar-refractivity contribution in [2.24, 2.45) is 0 Å². The first-order valence-electron chi connectivity index (χ1n) is 6.37. The molecule has 2 fully saturated rings. The second-order valence-electron chi connectivity index (χ2n) is 4.95. The quantitative estimate of drug-likeness (QED) is 0.379. The van der Waals surface area contributed by atoms with Gasteiger partial charge in [0.05, 0.1) is 12.9 Å². The summed E-state index contributed by atoms with van der Waals surface area (Å²) in [7, 11) is -4.41. The van der Waals surface area contributed by atoms with Crippen LogP contribution in [0.4, 0.5) is 5.82 Å². The van der Waals surface area contributed by atoms with E-state index in [0.717, 1.165) is 0 Å². The summed E-state index contributed by atoms with van der Waals surface area (Å²) in [4.78, 5) is 23.3. The Morgan fingerprint density at radius 2 is 2.22 bits per heavy atom.